The van der Waals surface area contributed by atoms with Gasteiger partial charge in [-0.25, -0.2) is 18.6 Å². The van der Waals surface area contributed by atoms with E-state index in [0.717, 1.165) is 12.5 Å². The van der Waals surface area contributed by atoms with Crippen LogP contribution in [0.2, 0.25) is 0 Å². The van der Waals surface area contributed by atoms with Crippen molar-refractivity contribution in [2.75, 3.05) is 19.0 Å². The molecule has 0 spiro atoms. The van der Waals surface area contributed by atoms with Crippen molar-refractivity contribution in [3.8, 4) is 5.75 Å². The monoisotopic (exact) mass is 374 g/mol. The molecule has 0 unspecified atom stereocenters. The molecule has 0 radical (unpaired) electrons. The second-order valence-corrected chi connectivity index (χ2v) is 6.03. The lowest BCUT2D eigenvalue weighted by Gasteiger charge is -2.11. The number of halogens is 2. The minimum Gasteiger partial charge on any atom is -0.495 e. The Bertz CT molecular complexity index is 972. The molecule has 0 aliphatic rings. The third-order valence-electron chi connectivity index (χ3n) is 4.16. The molecule has 2 amide bonds. The molecule has 142 valence electrons. The molecule has 0 saturated heterocycles. The lowest BCUT2D eigenvalue weighted by Crippen LogP contribution is -2.29. The summed E-state index contributed by atoms with van der Waals surface area (Å²) in [5.74, 6) is -0.934. The maximum absolute atomic E-state index is 14.8. The third-order valence-corrected chi connectivity index (χ3v) is 4.16. The first kappa shape index (κ1) is 18.6. The van der Waals surface area contributed by atoms with Crippen molar-refractivity contribution in [1.29, 1.82) is 0 Å². The first-order valence-corrected chi connectivity index (χ1v) is 8.55. The summed E-state index contributed by atoms with van der Waals surface area (Å²) in [6.07, 6.45) is 3.97. The number of nitrogens with zero attached hydrogens (tertiary/aromatic N) is 1. The SMILES string of the molecule is CCCNC(=O)Nc1ccc(F)c(Cc2c[nH]c3ncc(OC)cc23)c1F. The number of hydrogen-bond acceptors (Lipinski definition) is 3. The van der Waals surface area contributed by atoms with Crippen molar-refractivity contribution in [3.05, 3.63) is 53.4 Å². The van der Waals surface area contributed by atoms with Gasteiger partial charge in [-0.15, -0.1) is 0 Å². The summed E-state index contributed by atoms with van der Waals surface area (Å²) in [5, 5.41) is 5.72. The number of benzene rings is 1. The summed E-state index contributed by atoms with van der Waals surface area (Å²) >= 11 is 0. The molecule has 0 aliphatic carbocycles. The van der Waals surface area contributed by atoms with Gasteiger partial charge in [0.05, 0.1) is 19.0 Å². The van der Waals surface area contributed by atoms with E-state index >= 15 is 0 Å². The zero-order chi connectivity index (χ0) is 19.4. The van der Waals surface area contributed by atoms with Crippen LogP contribution in [0.15, 0.2) is 30.6 Å². The molecular formula is C19H20F2N4O2. The maximum Gasteiger partial charge on any atom is 0.319 e. The van der Waals surface area contributed by atoms with Gasteiger partial charge in [-0.05, 0) is 30.2 Å². The number of H-pyrrole nitrogens is 1. The number of rotatable bonds is 6. The van der Waals surface area contributed by atoms with Crippen molar-refractivity contribution in [1.82, 2.24) is 15.3 Å². The molecule has 3 N–H and O–H groups in total. The van der Waals surface area contributed by atoms with E-state index in [-0.39, 0.29) is 17.7 Å². The second kappa shape index (κ2) is 8.03. The number of hydrogen-bond donors (Lipinski definition) is 3. The van der Waals surface area contributed by atoms with E-state index in [9.17, 15) is 13.6 Å². The van der Waals surface area contributed by atoms with Crippen LogP contribution in [0.4, 0.5) is 19.3 Å². The van der Waals surface area contributed by atoms with Gasteiger partial charge < -0.3 is 20.4 Å². The fourth-order valence-corrected chi connectivity index (χ4v) is 2.75. The smallest absolute Gasteiger partial charge is 0.319 e. The van der Waals surface area contributed by atoms with E-state index in [2.05, 4.69) is 20.6 Å². The molecule has 0 fully saturated rings. The standard InChI is InChI=1S/C19H20F2N4O2/c1-3-6-22-19(26)25-16-5-4-15(20)14(17(16)21)7-11-9-23-18-13(11)8-12(27-2)10-24-18/h4-5,8-10H,3,6-7H2,1-2H3,(H,23,24)(H2,22,25,26). The van der Waals surface area contributed by atoms with Crippen molar-refractivity contribution < 1.29 is 18.3 Å². The van der Waals surface area contributed by atoms with Crippen LogP contribution in [-0.4, -0.2) is 29.7 Å². The van der Waals surface area contributed by atoms with Crippen LogP contribution in [-0.2, 0) is 6.42 Å². The van der Waals surface area contributed by atoms with Crippen LogP contribution in [0.25, 0.3) is 11.0 Å². The Kier molecular flexibility index (Phi) is 5.54. The van der Waals surface area contributed by atoms with Crippen LogP contribution in [0, 0.1) is 11.6 Å². The van der Waals surface area contributed by atoms with Gasteiger partial charge in [0.1, 0.15) is 17.2 Å². The zero-order valence-electron chi connectivity index (χ0n) is 15.0. The highest BCUT2D eigenvalue weighted by molar-refractivity contribution is 5.89. The van der Waals surface area contributed by atoms with Crippen molar-refractivity contribution in [3.63, 3.8) is 0 Å². The molecule has 2 heterocycles. The number of amides is 2. The fourth-order valence-electron chi connectivity index (χ4n) is 2.75. The van der Waals surface area contributed by atoms with Gasteiger partial charge in [0.25, 0.3) is 0 Å². The van der Waals surface area contributed by atoms with Gasteiger partial charge in [0.2, 0.25) is 0 Å². The quantitative estimate of drug-likeness (QED) is 0.611. The average molecular weight is 374 g/mol. The van der Waals surface area contributed by atoms with E-state index in [1.807, 2.05) is 6.92 Å². The number of anilines is 1. The second-order valence-electron chi connectivity index (χ2n) is 6.03. The Labute approximate surface area is 154 Å². The fraction of sp³-hybridized carbons (Fsp3) is 0.263. The molecule has 3 aromatic rings. The number of carbonyl (C=O) groups is 1. The van der Waals surface area contributed by atoms with Crippen LogP contribution in [0.1, 0.15) is 24.5 Å². The Morgan fingerprint density at radius 2 is 2.15 bits per heavy atom. The molecule has 3 rings (SSSR count). The number of aromatic nitrogens is 2. The van der Waals surface area contributed by atoms with Gasteiger partial charge in [-0.3, -0.25) is 0 Å². The topological polar surface area (TPSA) is 79.0 Å². The Hall–Kier alpha value is -3.16. The molecule has 0 bridgehead atoms. The lowest BCUT2D eigenvalue weighted by atomic mass is 10.0. The zero-order valence-corrected chi connectivity index (χ0v) is 15.0. The third kappa shape index (κ3) is 3.99. The first-order chi connectivity index (χ1) is 13.0. The summed E-state index contributed by atoms with van der Waals surface area (Å²) in [6, 6.07) is 3.57. The van der Waals surface area contributed by atoms with Crippen molar-refractivity contribution >= 4 is 22.8 Å². The van der Waals surface area contributed by atoms with Crippen LogP contribution < -0.4 is 15.4 Å². The molecule has 2 aromatic heterocycles. The summed E-state index contributed by atoms with van der Waals surface area (Å²) in [4.78, 5) is 19.0. The minimum absolute atomic E-state index is 0.00138. The number of pyridine rings is 1. The predicted molar refractivity (Wildman–Crippen MR) is 99.1 cm³/mol. The Morgan fingerprint density at radius 3 is 2.89 bits per heavy atom. The highest BCUT2D eigenvalue weighted by atomic mass is 19.1. The molecule has 27 heavy (non-hydrogen) atoms. The van der Waals surface area contributed by atoms with Crippen molar-refractivity contribution in [2.45, 2.75) is 19.8 Å². The van der Waals surface area contributed by atoms with Gasteiger partial charge in [-0.2, -0.15) is 0 Å². The first-order valence-electron chi connectivity index (χ1n) is 8.55. The molecule has 1 aromatic carbocycles. The number of ether oxygens (including phenoxy) is 1. The minimum atomic E-state index is -0.799. The summed E-state index contributed by atoms with van der Waals surface area (Å²) in [5.41, 5.74) is 1.06. The lowest BCUT2D eigenvalue weighted by molar-refractivity contribution is 0.252. The van der Waals surface area contributed by atoms with E-state index < -0.39 is 17.7 Å². The molecular weight excluding hydrogens is 354 g/mol. The number of urea groups is 1. The number of fused-ring (bicyclic) bond motifs is 1. The maximum atomic E-state index is 14.8. The largest absolute Gasteiger partial charge is 0.495 e. The van der Waals surface area contributed by atoms with Gasteiger partial charge in [0.15, 0.2) is 5.82 Å². The molecule has 0 aliphatic heterocycles. The Balaban J connectivity index is 1.91. The number of nitrogens with one attached hydrogen (secondary N) is 3. The summed E-state index contributed by atoms with van der Waals surface area (Å²) in [7, 11) is 1.52. The van der Waals surface area contributed by atoms with Gasteiger partial charge >= 0.3 is 6.03 Å². The normalized spacial score (nSPS) is 10.8. The van der Waals surface area contributed by atoms with Crippen LogP contribution in [0.5, 0.6) is 5.75 Å². The highest BCUT2D eigenvalue weighted by Crippen LogP contribution is 2.28. The van der Waals surface area contributed by atoms with E-state index in [1.54, 1.807) is 18.5 Å². The van der Waals surface area contributed by atoms with E-state index in [1.165, 1.54) is 13.2 Å². The van der Waals surface area contributed by atoms with Crippen LogP contribution in [0.3, 0.4) is 0 Å². The average Bonchev–Trinajstić information content (AvgIpc) is 3.07. The van der Waals surface area contributed by atoms with Gasteiger partial charge in [0, 0.05) is 30.1 Å². The molecule has 8 heteroatoms. The summed E-state index contributed by atoms with van der Waals surface area (Å²) < 4.78 is 34.3. The highest BCUT2D eigenvalue weighted by Gasteiger charge is 2.18. The van der Waals surface area contributed by atoms with Crippen molar-refractivity contribution in [2.24, 2.45) is 0 Å². The molecule has 0 saturated carbocycles. The Morgan fingerprint density at radius 1 is 1.33 bits per heavy atom. The predicted octanol–water partition coefficient (Wildman–Crippen LogP) is 3.97. The summed E-state index contributed by atoms with van der Waals surface area (Å²) in [6.45, 7) is 2.37. The number of aromatic amines is 1. The molecule has 6 nitrogen and oxygen atoms in total. The number of methoxy groups -OCH3 is 1. The van der Waals surface area contributed by atoms with Crippen LogP contribution >= 0.6 is 0 Å². The number of carbonyl (C=O) groups excluding carboxylic acids is 1. The molecule has 0 atom stereocenters. The van der Waals surface area contributed by atoms with E-state index in [0.29, 0.717) is 28.9 Å². The van der Waals surface area contributed by atoms with Gasteiger partial charge in [-0.1, -0.05) is 6.92 Å². The van der Waals surface area contributed by atoms with E-state index in [4.69, 9.17) is 4.74 Å².